The molecule has 0 aliphatic heterocycles. The Morgan fingerprint density at radius 3 is 2.59 bits per heavy atom. The molecule has 0 aliphatic carbocycles. The van der Waals surface area contributed by atoms with Gasteiger partial charge in [0.25, 0.3) is 0 Å². The summed E-state index contributed by atoms with van der Waals surface area (Å²) in [6.45, 7) is 6.46. The molecule has 0 aromatic carbocycles. The van der Waals surface area contributed by atoms with Gasteiger partial charge in [-0.25, -0.2) is 4.98 Å². The fraction of sp³-hybridized carbons (Fsp3) is 0.182. The predicted octanol–water partition coefficient (Wildman–Crippen LogP) is 5.07. The molecule has 4 nitrogen and oxygen atoms in total. The topological polar surface area (TPSA) is 42.2 Å². The molecule has 4 heterocycles. The van der Waals surface area contributed by atoms with Crippen LogP contribution >= 0.6 is 11.3 Å². The standard InChI is InChI=1S/C22H20N4S/c1-22(2,3)25-21-20(24-19-6-4-5-15-26(19)21)18-10-9-17(27-18)8-7-16-11-13-23-14-12-16/h4-6,9-15,25H,1-3H3. The van der Waals surface area contributed by atoms with Crippen LogP contribution in [0.1, 0.15) is 31.2 Å². The molecule has 0 fully saturated rings. The van der Waals surface area contributed by atoms with Crippen LogP contribution in [0.5, 0.6) is 0 Å². The van der Waals surface area contributed by atoms with Gasteiger partial charge in [0.2, 0.25) is 0 Å². The van der Waals surface area contributed by atoms with Gasteiger partial charge in [0.1, 0.15) is 17.2 Å². The van der Waals surface area contributed by atoms with E-state index in [1.54, 1.807) is 23.7 Å². The molecule has 0 spiro atoms. The highest BCUT2D eigenvalue weighted by Crippen LogP contribution is 2.34. The molecule has 0 radical (unpaired) electrons. The largest absolute Gasteiger partial charge is 0.365 e. The van der Waals surface area contributed by atoms with E-state index >= 15 is 0 Å². The molecule has 1 N–H and O–H groups in total. The van der Waals surface area contributed by atoms with Crippen molar-refractivity contribution in [2.75, 3.05) is 5.32 Å². The first-order valence-corrected chi connectivity index (χ1v) is 9.59. The molecule has 134 valence electrons. The molecule has 5 heteroatoms. The molecule has 4 rings (SSSR count). The molecular weight excluding hydrogens is 352 g/mol. The highest BCUT2D eigenvalue weighted by molar-refractivity contribution is 7.16. The lowest BCUT2D eigenvalue weighted by atomic mass is 10.1. The first kappa shape index (κ1) is 17.3. The molecule has 0 amide bonds. The summed E-state index contributed by atoms with van der Waals surface area (Å²) < 4.78 is 2.10. The molecule has 0 saturated carbocycles. The van der Waals surface area contributed by atoms with E-state index in [9.17, 15) is 0 Å². The number of imidazole rings is 1. The summed E-state index contributed by atoms with van der Waals surface area (Å²) in [6.07, 6.45) is 5.55. The van der Waals surface area contributed by atoms with Crippen LogP contribution in [-0.2, 0) is 0 Å². The fourth-order valence-corrected chi connectivity index (χ4v) is 3.59. The monoisotopic (exact) mass is 372 g/mol. The number of pyridine rings is 2. The summed E-state index contributed by atoms with van der Waals surface area (Å²) >= 11 is 1.66. The summed E-state index contributed by atoms with van der Waals surface area (Å²) in [5, 5.41) is 3.60. The van der Waals surface area contributed by atoms with Crippen molar-refractivity contribution in [1.29, 1.82) is 0 Å². The van der Waals surface area contributed by atoms with E-state index in [2.05, 4.69) is 59.4 Å². The Kier molecular flexibility index (Phi) is 4.43. The van der Waals surface area contributed by atoms with Gasteiger partial charge < -0.3 is 5.32 Å². The van der Waals surface area contributed by atoms with Crippen molar-refractivity contribution in [3.8, 4) is 22.4 Å². The Morgan fingerprint density at radius 1 is 1.00 bits per heavy atom. The molecule has 0 aliphatic rings. The van der Waals surface area contributed by atoms with Gasteiger partial charge in [-0.2, -0.15) is 0 Å². The minimum absolute atomic E-state index is 0.0677. The maximum absolute atomic E-state index is 4.85. The van der Waals surface area contributed by atoms with Crippen LogP contribution in [0, 0.1) is 11.8 Å². The van der Waals surface area contributed by atoms with Crippen molar-refractivity contribution in [1.82, 2.24) is 14.4 Å². The number of anilines is 1. The highest BCUT2D eigenvalue weighted by Gasteiger charge is 2.20. The van der Waals surface area contributed by atoms with Crippen molar-refractivity contribution in [2.45, 2.75) is 26.3 Å². The van der Waals surface area contributed by atoms with Crippen LogP contribution in [0.25, 0.3) is 16.2 Å². The van der Waals surface area contributed by atoms with Crippen molar-refractivity contribution in [3.63, 3.8) is 0 Å². The molecule has 0 bridgehead atoms. The Labute approximate surface area is 162 Å². The SMILES string of the molecule is CC(C)(C)Nc1c(-c2ccc(C#Cc3ccncc3)s2)nc2ccccn12. The van der Waals surface area contributed by atoms with Crippen LogP contribution in [0.4, 0.5) is 5.82 Å². The molecule has 27 heavy (non-hydrogen) atoms. The molecule has 4 aromatic rings. The first-order valence-electron chi connectivity index (χ1n) is 8.77. The maximum Gasteiger partial charge on any atom is 0.140 e. The van der Waals surface area contributed by atoms with Gasteiger partial charge in [-0.1, -0.05) is 17.9 Å². The van der Waals surface area contributed by atoms with Crippen molar-refractivity contribution >= 4 is 22.8 Å². The predicted molar refractivity (Wildman–Crippen MR) is 112 cm³/mol. The molecule has 4 aromatic heterocycles. The minimum Gasteiger partial charge on any atom is -0.365 e. The molecular formula is C22H20N4S. The zero-order chi connectivity index (χ0) is 18.9. The quantitative estimate of drug-likeness (QED) is 0.500. The number of aromatic nitrogens is 3. The van der Waals surface area contributed by atoms with Crippen LogP contribution in [-0.4, -0.2) is 19.9 Å². The zero-order valence-corrected chi connectivity index (χ0v) is 16.3. The van der Waals surface area contributed by atoms with Crippen LogP contribution in [0.15, 0.2) is 61.1 Å². The van der Waals surface area contributed by atoms with E-state index in [0.29, 0.717) is 0 Å². The normalized spacial score (nSPS) is 11.2. The number of nitrogens with one attached hydrogen (secondary N) is 1. The van der Waals surface area contributed by atoms with E-state index in [1.165, 1.54) is 0 Å². The summed E-state index contributed by atoms with van der Waals surface area (Å²) in [5.74, 6) is 7.43. The Balaban J connectivity index is 1.74. The second kappa shape index (κ2) is 6.90. The third kappa shape index (κ3) is 3.86. The van der Waals surface area contributed by atoms with E-state index in [0.717, 1.165) is 32.5 Å². The van der Waals surface area contributed by atoms with Gasteiger partial charge in [-0.15, -0.1) is 11.3 Å². The number of nitrogens with zero attached hydrogens (tertiary/aromatic N) is 3. The fourth-order valence-electron chi connectivity index (χ4n) is 2.74. The second-order valence-electron chi connectivity index (χ2n) is 7.26. The average Bonchev–Trinajstić information content (AvgIpc) is 3.25. The van der Waals surface area contributed by atoms with Crippen molar-refractivity contribution in [2.24, 2.45) is 0 Å². The van der Waals surface area contributed by atoms with Crippen molar-refractivity contribution in [3.05, 3.63) is 71.5 Å². The lowest BCUT2D eigenvalue weighted by Crippen LogP contribution is -2.27. The van der Waals surface area contributed by atoms with Gasteiger partial charge in [0.15, 0.2) is 0 Å². The van der Waals surface area contributed by atoms with E-state index in [-0.39, 0.29) is 5.54 Å². The highest BCUT2D eigenvalue weighted by atomic mass is 32.1. The Morgan fingerprint density at radius 2 is 1.81 bits per heavy atom. The number of thiophene rings is 1. The zero-order valence-electron chi connectivity index (χ0n) is 15.5. The molecule has 0 saturated heterocycles. The average molecular weight is 372 g/mol. The summed E-state index contributed by atoms with van der Waals surface area (Å²) in [4.78, 5) is 11.0. The second-order valence-corrected chi connectivity index (χ2v) is 8.35. The van der Waals surface area contributed by atoms with E-state index in [4.69, 9.17) is 4.98 Å². The Hall–Kier alpha value is -3.10. The van der Waals surface area contributed by atoms with Crippen LogP contribution in [0.2, 0.25) is 0 Å². The van der Waals surface area contributed by atoms with Crippen LogP contribution < -0.4 is 5.32 Å². The first-order chi connectivity index (χ1) is 13.0. The minimum atomic E-state index is -0.0677. The summed E-state index contributed by atoms with van der Waals surface area (Å²) in [6, 6.07) is 14.0. The molecule has 0 atom stereocenters. The Bertz CT molecular complexity index is 1140. The van der Waals surface area contributed by atoms with E-state index in [1.807, 2.05) is 36.5 Å². The van der Waals surface area contributed by atoms with Crippen molar-refractivity contribution < 1.29 is 0 Å². The molecule has 0 unspecified atom stereocenters. The van der Waals surface area contributed by atoms with Gasteiger partial charge in [0.05, 0.1) is 9.75 Å². The summed E-state index contributed by atoms with van der Waals surface area (Å²) in [7, 11) is 0. The van der Waals surface area contributed by atoms with Gasteiger partial charge >= 0.3 is 0 Å². The van der Waals surface area contributed by atoms with Crippen LogP contribution in [0.3, 0.4) is 0 Å². The number of fused-ring (bicyclic) bond motifs is 1. The van der Waals surface area contributed by atoms with Gasteiger partial charge in [0, 0.05) is 29.7 Å². The number of hydrogen-bond acceptors (Lipinski definition) is 4. The third-order valence-corrected chi connectivity index (χ3v) is 4.88. The lowest BCUT2D eigenvalue weighted by molar-refractivity contribution is 0.630. The number of hydrogen-bond donors (Lipinski definition) is 1. The van der Waals surface area contributed by atoms with Gasteiger partial charge in [-0.3, -0.25) is 9.38 Å². The number of rotatable bonds is 2. The summed E-state index contributed by atoms with van der Waals surface area (Å²) in [5.41, 5.74) is 2.78. The lowest BCUT2D eigenvalue weighted by Gasteiger charge is -2.22. The van der Waals surface area contributed by atoms with E-state index < -0.39 is 0 Å². The third-order valence-electron chi connectivity index (χ3n) is 3.87. The van der Waals surface area contributed by atoms with Gasteiger partial charge in [-0.05, 0) is 57.2 Å². The smallest absolute Gasteiger partial charge is 0.140 e. The maximum atomic E-state index is 4.85.